The predicted octanol–water partition coefficient (Wildman–Crippen LogP) is 4.47. The van der Waals surface area contributed by atoms with Gasteiger partial charge in [-0.1, -0.05) is 23.3 Å². The van der Waals surface area contributed by atoms with Crippen LogP contribution in [-0.2, 0) is 9.53 Å². The van der Waals surface area contributed by atoms with Gasteiger partial charge in [-0.15, -0.1) is 0 Å². The molecule has 0 unspecified atom stereocenters. The molecule has 0 aromatic heterocycles. The number of aliphatic hydroxyl groups excluding tert-OH is 1. The van der Waals surface area contributed by atoms with E-state index < -0.39 is 6.10 Å². The highest BCUT2D eigenvalue weighted by Crippen LogP contribution is 2.53. The molecule has 3 aliphatic rings. The van der Waals surface area contributed by atoms with E-state index in [1.54, 1.807) is 0 Å². The van der Waals surface area contributed by atoms with Crippen molar-refractivity contribution in [3.63, 3.8) is 0 Å². The lowest BCUT2D eigenvalue weighted by Crippen LogP contribution is -2.44. The van der Waals surface area contributed by atoms with Crippen LogP contribution in [-0.4, -0.2) is 22.6 Å². The molecular formula is C21H30O3. The van der Waals surface area contributed by atoms with Crippen molar-refractivity contribution in [3.05, 3.63) is 34.6 Å². The van der Waals surface area contributed by atoms with Gasteiger partial charge in [-0.3, -0.25) is 4.79 Å². The van der Waals surface area contributed by atoms with Crippen molar-refractivity contribution in [3.8, 4) is 0 Å². The van der Waals surface area contributed by atoms with Gasteiger partial charge < -0.3 is 9.84 Å². The van der Waals surface area contributed by atoms with E-state index in [1.807, 2.05) is 0 Å². The van der Waals surface area contributed by atoms with Gasteiger partial charge in [0.2, 0.25) is 0 Å². The van der Waals surface area contributed by atoms with Crippen molar-refractivity contribution in [1.29, 1.82) is 0 Å². The summed E-state index contributed by atoms with van der Waals surface area (Å²) in [5.41, 5.74) is 3.28. The molecule has 2 aliphatic carbocycles. The fourth-order valence-electron chi connectivity index (χ4n) is 4.62. The molecule has 0 bridgehead atoms. The summed E-state index contributed by atoms with van der Waals surface area (Å²) in [6, 6.07) is 0. The molecule has 1 aliphatic heterocycles. The first-order chi connectivity index (χ1) is 11.3. The summed E-state index contributed by atoms with van der Waals surface area (Å²) < 4.78 is 6.28. The monoisotopic (exact) mass is 330 g/mol. The summed E-state index contributed by atoms with van der Waals surface area (Å²) in [4.78, 5) is 12.3. The van der Waals surface area contributed by atoms with E-state index in [0.29, 0.717) is 30.4 Å². The van der Waals surface area contributed by atoms with Gasteiger partial charge in [0.05, 0.1) is 0 Å². The minimum Gasteiger partial charge on any atom is -0.488 e. The molecule has 132 valence electrons. The van der Waals surface area contributed by atoms with Crippen LogP contribution in [0.4, 0.5) is 0 Å². The van der Waals surface area contributed by atoms with Gasteiger partial charge in [0.25, 0.3) is 0 Å². The van der Waals surface area contributed by atoms with E-state index in [1.165, 1.54) is 11.1 Å². The van der Waals surface area contributed by atoms with Gasteiger partial charge in [0, 0.05) is 17.9 Å². The maximum absolute atomic E-state index is 12.3. The Morgan fingerprint density at radius 2 is 2.04 bits per heavy atom. The Morgan fingerprint density at radius 3 is 2.75 bits per heavy atom. The standard InChI is InChI=1S/C21H30O3/c1-13(2)6-5-7-14(3)15-10-11-21(4)17(15)12-16-18(22)8-9-19(23)20(16)24-21/h6-7,15,17,19,23H,5,8-12H2,1-4H3/b14-7-/t15-,17+,19+,21-/m1/s1. The lowest BCUT2D eigenvalue weighted by molar-refractivity contribution is -0.122. The normalized spacial score (nSPS) is 36.1. The number of aliphatic hydroxyl groups is 1. The first-order valence-corrected chi connectivity index (χ1v) is 9.25. The number of Topliss-reactive ketones (excluding diaryl/α,β-unsaturated/α-hetero) is 1. The molecule has 1 N–H and O–H groups in total. The second-order valence-corrected chi connectivity index (χ2v) is 8.16. The maximum atomic E-state index is 12.3. The van der Waals surface area contributed by atoms with E-state index >= 15 is 0 Å². The fourth-order valence-corrected chi connectivity index (χ4v) is 4.62. The molecule has 0 saturated heterocycles. The molecule has 24 heavy (non-hydrogen) atoms. The van der Waals surface area contributed by atoms with Crippen molar-refractivity contribution in [1.82, 2.24) is 0 Å². The highest BCUT2D eigenvalue weighted by molar-refractivity contribution is 5.97. The number of carbonyl (C=O) groups excluding carboxylic acids is 1. The van der Waals surface area contributed by atoms with Crippen LogP contribution >= 0.6 is 0 Å². The Labute approximate surface area is 145 Å². The summed E-state index contributed by atoms with van der Waals surface area (Å²) in [7, 11) is 0. The van der Waals surface area contributed by atoms with Gasteiger partial charge in [-0.25, -0.2) is 0 Å². The van der Waals surface area contributed by atoms with Crippen LogP contribution in [0.25, 0.3) is 0 Å². The molecule has 1 saturated carbocycles. The summed E-state index contributed by atoms with van der Waals surface area (Å²) >= 11 is 0. The van der Waals surface area contributed by atoms with Crippen molar-refractivity contribution in [2.45, 2.75) is 77.9 Å². The Morgan fingerprint density at radius 1 is 1.29 bits per heavy atom. The van der Waals surface area contributed by atoms with Crippen LogP contribution in [0.15, 0.2) is 34.6 Å². The third kappa shape index (κ3) is 3.11. The zero-order valence-electron chi connectivity index (χ0n) is 15.4. The molecule has 3 rings (SSSR count). The van der Waals surface area contributed by atoms with E-state index in [4.69, 9.17) is 4.74 Å². The number of rotatable bonds is 3. The molecule has 0 aromatic rings. The molecular weight excluding hydrogens is 300 g/mol. The van der Waals surface area contributed by atoms with E-state index in [0.717, 1.165) is 31.3 Å². The summed E-state index contributed by atoms with van der Waals surface area (Å²) in [6.45, 7) is 8.63. The number of ether oxygens (including phenoxy) is 1. The van der Waals surface area contributed by atoms with Crippen molar-refractivity contribution in [2.24, 2.45) is 11.8 Å². The second-order valence-electron chi connectivity index (χ2n) is 8.16. The van der Waals surface area contributed by atoms with Gasteiger partial charge in [-0.2, -0.15) is 0 Å². The summed E-state index contributed by atoms with van der Waals surface area (Å²) in [5.74, 6) is 1.57. The van der Waals surface area contributed by atoms with E-state index in [2.05, 4.69) is 39.8 Å². The Balaban J connectivity index is 1.84. The highest BCUT2D eigenvalue weighted by Gasteiger charge is 2.52. The van der Waals surface area contributed by atoms with Crippen LogP contribution in [0.5, 0.6) is 0 Å². The Bertz CT molecular complexity index is 621. The zero-order valence-corrected chi connectivity index (χ0v) is 15.4. The molecule has 0 radical (unpaired) electrons. The topological polar surface area (TPSA) is 46.5 Å². The van der Waals surface area contributed by atoms with Gasteiger partial charge >= 0.3 is 0 Å². The predicted molar refractivity (Wildman–Crippen MR) is 95.4 cm³/mol. The lowest BCUT2D eigenvalue weighted by atomic mass is 9.74. The largest absolute Gasteiger partial charge is 0.488 e. The summed E-state index contributed by atoms with van der Waals surface area (Å²) in [5, 5.41) is 10.2. The SMILES string of the molecule is CC(C)=CC/C=C(/C)[C@H]1CC[C@@]2(C)OC3=C(C[C@@H]12)C(=O)CC[C@@H]3O. The smallest absolute Gasteiger partial charge is 0.162 e. The Hall–Kier alpha value is -1.35. The molecule has 0 spiro atoms. The number of hydrogen-bond donors (Lipinski definition) is 1. The minimum atomic E-state index is -0.594. The van der Waals surface area contributed by atoms with E-state index in [-0.39, 0.29) is 11.4 Å². The van der Waals surface area contributed by atoms with Crippen LogP contribution in [0.3, 0.4) is 0 Å². The molecule has 1 fully saturated rings. The average Bonchev–Trinajstić information content (AvgIpc) is 2.86. The molecule has 3 nitrogen and oxygen atoms in total. The first kappa shape index (κ1) is 17.5. The number of hydrogen-bond acceptors (Lipinski definition) is 3. The second kappa shape index (κ2) is 6.51. The number of carbonyl (C=O) groups is 1. The van der Waals surface area contributed by atoms with Crippen molar-refractivity contribution in [2.75, 3.05) is 0 Å². The number of allylic oxidation sites excluding steroid dienone is 5. The first-order valence-electron chi connectivity index (χ1n) is 9.25. The Kier molecular flexibility index (Phi) is 4.74. The summed E-state index contributed by atoms with van der Waals surface area (Å²) in [6.07, 6.45) is 8.76. The molecule has 0 amide bonds. The highest BCUT2D eigenvalue weighted by atomic mass is 16.5. The molecule has 0 aromatic carbocycles. The van der Waals surface area contributed by atoms with Gasteiger partial charge in [-0.05, 0) is 65.7 Å². The lowest BCUT2D eigenvalue weighted by Gasteiger charge is -2.43. The van der Waals surface area contributed by atoms with Crippen molar-refractivity contribution < 1.29 is 14.6 Å². The third-order valence-electron chi connectivity index (χ3n) is 6.12. The fraction of sp³-hybridized carbons (Fsp3) is 0.667. The molecule has 3 heteroatoms. The van der Waals surface area contributed by atoms with Crippen LogP contribution < -0.4 is 0 Å². The maximum Gasteiger partial charge on any atom is 0.162 e. The van der Waals surface area contributed by atoms with Gasteiger partial charge in [0.1, 0.15) is 17.5 Å². The van der Waals surface area contributed by atoms with Crippen LogP contribution in [0.1, 0.15) is 66.2 Å². The van der Waals surface area contributed by atoms with Gasteiger partial charge in [0.15, 0.2) is 5.78 Å². The van der Waals surface area contributed by atoms with Crippen molar-refractivity contribution >= 4 is 5.78 Å². The number of fused-ring (bicyclic) bond motifs is 1. The zero-order chi connectivity index (χ0) is 17.5. The minimum absolute atomic E-state index is 0.175. The van der Waals surface area contributed by atoms with Crippen LogP contribution in [0.2, 0.25) is 0 Å². The molecule has 4 atom stereocenters. The third-order valence-corrected chi connectivity index (χ3v) is 6.12. The molecule has 1 heterocycles. The van der Waals surface area contributed by atoms with Crippen LogP contribution in [0, 0.1) is 11.8 Å². The number of ketones is 1. The quantitative estimate of drug-likeness (QED) is 0.777. The van der Waals surface area contributed by atoms with E-state index in [9.17, 15) is 9.90 Å². The average molecular weight is 330 g/mol.